The summed E-state index contributed by atoms with van der Waals surface area (Å²) >= 11 is 0. The first-order valence-corrected chi connectivity index (χ1v) is 23.3. The minimum absolute atomic E-state index is 0.0442. The molecule has 0 aliphatic rings. The Bertz CT molecular complexity index is 1090. The monoisotopic (exact) mass is 794 g/mol. The summed E-state index contributed by atoms with van der Waals surface area (Å²) in [6, 6.07) is 0. The molecule has 0 fully saturated rings. The number of ether oxygens (including phenoxy) is 2. The minimum atomic E-state index is -4.39. The predicted molar refractivity (Wildman–Crippen MR) is 229 cm³/mol. The van der Waals surface area contributed by atoms with Crippen LogP contribution in [0, 0.1) is 0 Å². The van der Waals surface area contributed by atoms with Gasteiger partial charge in [0.05, 0.1) is 13.2 Å². The van der Waals surface area contributed by atoms with Crippen molar-refractivity contribution in [2.24, 2.45) is 5.73 Å². The molecule has 2 atom stereocenters. The van der Waals surface area contributed by atoms with E-state index < -0.39 is 32.5 Å². The molecule has 0 saturated carbocycles. The van der Waals surface area contributed by atoms with E-state index in [1.54, 1.807) is 0 Å². The Morgan fingerprint density at radius 2 is 0.945 bits per heavy atom. The average Bonchev–Trinajstić information content (AvgIpc) is 3.17. The van der Waals surface area contributed by atoms with Crippen LogP contribution in [0.5, 0.6) is 0 Å². The number of carbonyl (C=O) groups excluding carboxylic acids is 2. The molecule has 55 heavy (non-hydrogen) atoms. The fourth-order valence-electron chi connectivity index (χ4n) is 5.61. The Morgan fingerprint density at radius 1 is 0.545 bits per heavy atom. The van der Waals surface area contributed by atoms with Gasteiger partial charge in [0.2, 0.25) is 0 Å². The summed E-state index contributed by atoms with van der Waals surface area (Å²) in [7, 11) is -4.39. The first-order valence-electron chi connectivity index (χ1n) is 21.8. The van der Waals surface area contributed by atoms with Crippen molar-refractivity contribution in [2.75, 3.05) is 26.4 Å². The number of hydrogen-bond donors (Lipinski definition) is 2. The van der Waals surface area contributed by atoms with Gasteiger partial charge in [0.1, 0.15) is 6.61 Å². The summed E-state index contributed by atoms with van der Waals surface area (Å²) in [5, 5.41) is 0. The Hall–Kier alpha value is -2.29. The highest BCUT2D eigenvalue weighted by molar-refractivity contribution is 7.47. The summed E-state index contributed by atoms with van der Waals surface area (Å²) < 4.78 is 32.7. The van der Waals surface area contributed by atoms with Gasteiger partial charge < -0.3 is 20.1 Å². The van der Waals surface area contributed by atoms with Crippen LogP contribution in [0.2, 0.25) is 0 Å². The van der Waals surface area contributed by atoms with E-state index in [1.807, 2.05) is 0 Å². The van der Waals surface area contributed by atoms with Gasteiger partial charge in [0.25, 0.3) is 0 Å². The number of hydrogen-bond acceptors (Lipinski definition) is 8. The lowest BCUT2D eigenvalue weighted by Gasteiger charge is -2.19. The van der Waals surface area contributed by atoms with Crippen LogP contribution in [-0.2, 0) is 32.7 Å². The second kappa shape index (κ2) is 41.3. The van der Waals surface area contributed by atoms with E-state index in [4.69, 9.17) is 24.3 Å². The van der Waals surface area contributed by atoms with Gasteiger partial charge in [0, 0.05) is 19.4 Å². The molecule has 0 bridgehead atoms. The molecule has 0 amide bonds. The predicted octanol–water partition coefficient (Wildman–Crippen LogP) is 12.5. The smallest absolute Gasteiger partial charge is 0.462 e. The lowest BCUT2D eigenvalue weighted by molar-refractivity contribution is -0.161. The molecule has 0 heterocycles. The van der Waals surface area contributed by atoms with E-state index in [1.165, 1.54) is 77.0 Å². The maximum Gasteiger partial charge on any atom is 0.472 e. The molecule has 318 valence electrons. The molecule has 0 saturated heterocycles. The van der Waals surface area contributed by atoms with Crippen LogP contribution < -0.4 is 5.73 Å². The van der Waals surface area contributed by atoms with Crippen molar-refractivity contribution >= 4 is 19.8 Å². The number of carbonyl (C=O) groups is 2. The number of allylic oxidation sites excluding steroid dienone is 10. The Kier molecular flexibility index (Phi) is 39.6. The highest BCUT2D eigenvalue weighted by Crippen LogP contribution is 2.43. The van der Waals surface area contributed by atoms with Gasteiger partial charge in [-0.15, -0.1) is 0 Å². The first-order chi connectivity index (χ1) is 26.8. The molecular formula is C45H80NO8P. The van der Waals surface area contributed by atoms with E-state index in [-0.39, 0.29) is 32.6 Å². The molecule has 9 nitrogen and oxygen atoms in total. The maximum absolute atomic E-state index is 12.6. The van der Waals surface area contributed by atoms with E-state index in [2.05, 4.69) is 74.6 Å². The van der Waals surface area contributed by atoms with Gasteiger partial charge in [-0.3, -0.25) is 18.6 Å². The highest BCUT2D eigenvalue weighted by Gasteiger charge is 2.25. The summed E-state index contributed by atoms with van der Waals surface area (Å²) in [6.45, 7) is 3.64. The van der Waals surface area contributed by atoms with Crippen molar-refractivity contribution in [3.63, 3.8) is 0 Å². The molecule has 0 radical (unpaired) electrons. The molecule has 0 aliphatic carbocycles. The van der Waals surface area contributed by atoms with Crippen molar-refractivity contribution in [3.8, 4) is 0 Å². The van der Waals surface area contributed by atoms with E-state index in [0.29, 0.717) is 12.8 Å². The molecule has 0 aromatic carbocycles. The normalized spacial score (nSPS) is 13.9. The largest absolute Gasteiger partial charge is 0.472 e. The SMILES string of the molecule is CCCCC/C=C/C/C=C/C/C=C/C/C=C/CCCCCC(=O)OC[C@H](COP(=O)(O)OCCN)OC(=O)CCCCC/C=C/CCCCCCCCCC. The minimum Gasteiger partial charge on any atom is -0.462 e. The molecule has 0 spiro atoms. The first kappa shape index (κ1) is 52.7. The van der Waals surface area contributed by atoms with Crippen LogP contribution in [0.4, 0.5) is 0 Å². The number of unbranched alkanes of at least 4 members (excludes halogenated alkanes) is 17. The second-order valence-electron chi connectivity index (χ2n) is 14.2. The van der Waals surface area contributed by atoms with Crippen LogP contribution in [-0.4, -0.2) is 49.3 Å². The molecule has 3 N–H and O–H groups in total. The number of esters is 2. The zero-order valence-electron chi connectivity index (χ0n) is 34.9. The quantitative estimate of drug-likeness (QED) is 0.0269. The number of phosphoric ester groups is 1. The van der Waals surface area contributed by atoms with Crippen molar-refractivity contribution in [2.45, 2.75) is 187 Å². The van der Waals surface area contributed by atoms with Crippen LogP contribution in [0.3, 0.4) is 0 Å². The molecule has 0 aromatic heterocycles. The number of phosphoric acid groups is 1. The van der Waals surface area contributed by atoms with Crippen molar-refractivity contribution in [3.05, 3.63) is 60.8 Å². The average molecular weight is 794 g/mol. The summed E-state index contributed by atoms with van der Waals surface area (Å²) in [4.78, 5) is 34.8. The third-order valence-corrected chi connectivity index (χ3v) is 9.86. The van der Waals surface area contributed by atoms with Crippen LogP contribution >= 0.6 is 7.82 Å². The zero-order chi connectivity index (χ0) is 40.3. The van der Waals surface area contributed by atoms with Crippen molar-refractivity contribution in [1.29, 1.82) is 0 Å². The third-order valence-electron chi connectivity index (χ3n) is 8.88. The molecule has 1 unspecified atom stereocenters. The summed E-state index contributed by atoms with van der Waals surface area (Å²) in [6.07, 6.45) is 48.2. The molecule has 10 heteroatoms. The van der Waals surface area contributed by atoms with Gasteiger partial charge in [-0.2, -0.15) is 0 Å². The molecule has 0 aromatic rings. The summed E-state index contributed by atoms with van der Waals surface area (Å²) in [5.41, 5.74) is 5.34. The van der Waals surface area contributed by atoms with E-state index in [9.17, 15) is 19.0 Å². The van der Waals surface area contributed by atoms with Gasteiger partial charge in [-0.1, -0.05) is 145 Å². The van der Waals surface area contributed by atoms with Gasteiger partial charge in [-0.25, -0.2) is 4.57 Å². The number of rotatable bonds is 40. The summed E-state index contributed by atoms with van der Waals surface area (Å²) in [5.74, 6) is -0.886. The molecule has 0 rings (SSSR count). The number of nitrogens with two attached hydrogens (primary N) is 1. The van der Waals surface area contributed by atoms with Crippen molar-refractivity contribution in [1.82, 2.24) is 0 Å². The zero-order valence-corrected chi connectivity index (χ0v) is 35.8. The van der Waals surface area contributed by atoms with Crippen molar-refractivity contribution < 1.29 is 37.6 Å². The van der Waals surface area contributed by atoms with Gasteiger partial charge >= 0.3 is 19.8 Å². The van der Waals surface area contributed by atoms with Gasteiger partial charge in [-0.05, 0) is 83.5 Å². The Morgan fingerprint density at radius 3 is 1.45 bits per heavy atom. The second-order valence-corrected chi connectivity index (χ2v) is 15.7. The highest BCUT2D eigenvalue weighted by atomic mass is 31.2. The lowest BCUT2D eigenvalue weighted by atomic mass is 10.1. The van der Waals surface area contributed by atoms with Crippen LogP contribution in [0.25, 0.3) is 0 Å². The fraction of sp³-hybridized carbons (Fsp3) is 0.733. The molecular weight excluding hydrogens is 713 g/mol. The van der Waals surface area contributed by atoms with Crippen LogP contribution in [0.1, 0.15) is 181 Å². The third kappa shape index (κ3) is 41.2. The van der Waals surface area contributed by atoms with Crippen LogP contribution in [0.15, 0.2) is 60.8 Å². The topological polar surface area (TPSA) is 134 Å². The Labute approximate surface area is 336 Å². The van der Waals surface area contributed by atoms with Gasteiger partial charge in [0.15, 0.2) is 6.10 Å². The lowest BCUT2D eigenvalue weighted by Crippen LogP contribution is -2.29. The van der Waals surface area contributed by atoms with E-state index >= 15 is 0 Å². The molecule has 0 aliphatic heterocycles. The maximum atomic E-state index is 12.6. The standard InChI is InChI=1S/C45H80NO8P/c1-3-5-7-9-11-13-15-17-19-20-21-22-24-25-27-29-31-33-35-37-44(47)51-41-43(42-53-55(49,50)52-40-39-46)54-45(48)38-36-34-32-30-28-26-23-18-16-14-12-10-8-6-4-2/h11,13,17,19,21-22,25-28,43H,3-10,12,14-16,18,20,23-24,29-42,46H2,1-2H3,(H,49,50)/b13-11+,19-17+,22-21+,27-25+,28-26+/t43-/m1/s1. The Balaban J connectivity index is 4.25. The fourth-order valence-corrected chi connectivity index (χ4v) is 6.38. The van der Waals surface area contributed by atoms with E-state index in [0.717, 1.165) is 64.2 Å².